The van der Waals surface area contributed by atoms with Gasteiger partial charge in [0.1, 0.15) is 5.75 Å². The van der Waals surface area contributed by atoms with Crippen LogP contribution in [-0.2, 0) is 11.0 Å². The van der Waals surface area contributed by atoms with Crippen molar-refractivity contribution in [3.05, 3.63) is 83.9 Å². The molecule has 1 unspecified atom stereocenters. The highest BCUT2D eigenvalue weighted by molar-refractivity contribution is 7.62. The van der Waals surface area contributed by atoms with E-state index in [1.807, 2.05) is 42.5 Å². The zero-order valence-corrected chi connectivity index (χ0v) is 13.2. The molecule has 0 saturated carbocycles. The largest absolute Gasteiger partial charge is 0.421 e. The van der Waals surface area contributed by atoms with Crippen molar-refractivity contribution in [1.29, 1.82) is 0 Å². The van der Waals surface area contributed by atoms with Gasteiger partial charge < -0.3 is 9.42 Å². The highest BCUT2D eigenvalue weighted by atomic mass is 31.2. The Kier molecular flexibility index (Phi) is 3.33. The molecule has 4 heteroatoms. The van der Waals surface area contributed by atoms with Crippen molar-refractivity contribution >= 4 is 12.9 Å². The second kappa shape index (κ2) is 5.38. The molecule has 0 radical (unpaired) electrons. The zero-order valence-electron chi connectivity index (χ0n) is 12.3. The third-order valence-electron chi connectivity index (χ3n) is 4.02. The minimum atomic E-state index is -3.79. The number of benzene rings is 3. The summed E-state index contributed by atoms with van der Waals surface area (Å²) in [5.41, 5.74) is 4.01. The molecular formula is C19H15O3P. The van der Waals surface area contributed by atoms with Gasteiger partial charge in [-0.05, 0) is 35.7 Å². The Balaban J connectivity index is 1.80. The molecule has 1 atom stereocenters. The van der Waals surface area contributed by atoms with Gasteiger partial charge in [-0.2, -0.15) is 0 Å². The van der Waals surface area contributed by atoms with Gasteiger partial charge in [0.15, 0.2) is 0 Å². The molecule has 1 aliphatic rings. The average molecular weight is 322 g/mol. The van der Waals surface area contributed by atoms with Crippen LogP contribution in [0.25, 0.3) is 11.1 Å². The molecule has 0 aliphatic carbocycles. The summed E-state index contributed by atoms with van der Waals surface area (Å²) in [5.74, 6) is 0.464. The van der Waals surface area contributed by atoms with E-state index in [9.17, 15) is 9.46 Å². The summed E-state index contributed by atoms with van der Waals surface area (Å²) >= 11 is 0. The maximum atomic E-state index is 12.3. The van der Waals surface area contributed by atoms with Crippen molar-refractivity contribution < 1.29 is 14.0 Å². The van der Waals surface area contributed by atoms with Crippen molar-refractivity contribution in [3.8, 4) is 16.9 Å². The summed E-state index contributed by atoms with van der Waals surface area (Å²) in [6, 6.07) is 23.1. The molecular weight excluding hydrogens is 307 g/mol. The molecule has 1 heterocycles. The molecule has 0 bridgehead atoms. The van der Waals surface area contributed by atoms with Gasteiger partial charge >= 0.3 is 7.60 Å². The van der Waals surface area contributed by atoms with Crippen molar-refractivity contribution in [1.82, 2.24) is 0 Å². The Hall–Kier alpha value is -2.35. The van der Waals surface area contributed by atoms with E-state index in [1.165, 1.54) is 5.56 Å². The summed E-state index contributed by atoms with van der Waals surface area (Å²) in [4.78, 5) is 10.1. The van der Waals surface area contributed by atoms with Gasteiger partial charge in [0.05, 0.1) is 5.30 Å². The van der Waals surface area contributed by atoms with Crippen LogP contribution in [0.15, 0.2) is 72.8 Å². The maximum Gasteiger partial charge on any atom is 0.408 e. The van der Waals surface area contributed by atoms with E-state index in [-0.39, 0.29) is 0 Å². The molecule has 1 aliphatic heterocycles. The Morgan fingerprint density at radius 3 is 2.39 bits per heavy atom. The minimum absolute atomic E-state index is 0.365. The standard InChI is InChI=1S/C19H15O3P/c20-23(21)19-9-5-4-8-16(19)17-13-15(10-11-18(17)22-23)12-14-6-2-1-3-7-14/h1-11,13H,12H2,(H,20,21). The summed E-state index contributed by atoms with van der Waals surface area (Å²) in [6.45, 7) is 0. The van der Waals surface area contributed by atoms with Gasteiger partial charge in [0.25, 0.3) is 0 Å². The summed E-state index contributed by atoms with van der Waals surface area (Å²) < 4.78 is 17.7. The number of rotatable bonds is 2. The Bertz CT molecular complexity index is 919. The molecule has 1 N–H and O–H groups in total. The van der Waals surface area contributed by atoms with E-state index in [2.05, 4.69) is 12.1 Å². The highest BCUT2D eigenvalue weighted by Crippen LogP contribution is 2.51. The van der Waals surface area contributed by atoms with Gasteiger partial charge in [-0.3, -0.25) is 0 Å². The van der Waals surface area contributed by atoms with Gasteiger partial charge in [-0.15, -0.1) is 0 Å². The molecule has 0 spiro atoms. The lowest BCUT2D eigenvalue weighted by Crippen LogP contribution is -2.17. The third-order valence-corrected chi connectivity index (χ3v) is 5.46. The molecule has 0 aromatic heterocycles. The summed E-state index contributed by atoms with van der Waals surface area (Å²) in [5, 5.41) is 0.365. The first-order chi connectivity index (χ1) is 11.1. The highest BCUT2D eigenvalue weighted by Gasteiger charge is 2.34. The monoisotopic (exact) mass is 322 g/mol. The SMILES string of the molecule is O=P1(O)Oc2ccc(Cc3ccccc3)cc2-c2ccccc21. The van der Waals surface area contributed by atoms with E-state index in [0.29, 0.717) is 11.1 Å². The van der Waals surface area contributed by atoms with Crippen LogP contribution < -0.4 is 9.83 Å². The topological polar surface area (TPSA) is 46.5 Å². The number of hydrogen-bond acceptors (Lipinski definition) is 2. The Morgan fingerprint density at radius 1 is 0.826 bits per heavy atom. The predicted octanol–water partition coefficient (Wildman–Crippen LogP) is 4.15. The van der Waals surface area contributed by atoms with Crippen LogP contribution in [0, 0.1) is 0 Å². The van der Waals surface area contributed by atoms with Crippen LogP contribution in [0.4, 0.5) is 0 Å². The fraction of sp³-hybridized carbons (Fsp3) is 0.0526. The molecule has 0 fully saturated rings. The molecule has 3 aromatic carbocycles. The summed E-state index contributed by atoms with van der Waals surface area (Å²) in [6.07, 6.45) is 0.813. The Labute approximate surface area is 134 Å². The lowest BCUT2D eigenvalue weighted by molar-refractivity contribution is 0.392. The molecule has 0 amide bonds. The van der Waals surface area contributed by atoms with Crippen molar-refractivity contribution in [2.24, 2.45) is 0 Å². The average Bonchev–Trinajstić information content (AvgIpc) is 2.56. The third kappa shape index (κ3) is 2.59. The second-order valence-electron chi connectivity index (χ2n) is 5.62. The molecule has 4 rings (SSSR count). The van der Waals surface area contributed by atoms with E-state index in [4.69, 9.17) is 4.52 Å². The Morgan fingerprint density at radius 2 is 1.57 bits per heavy atom. The van der Waals surface area contributed by atoms with E-state index in [0.717, 1.165) is 23.1 Å². The smallest absolute Gasteiger partial charge is 0.408 e. The first-order valence-electron chi connectivity index (χ1n) is 7.43. The van der Waals surface area contributed by atoms with Gasteiger partial charge in [-0.1, -0.05) is 54.6 Å². The zero-order chi connectivity index (χ0) is 15.9. The summed E-state index contributed by atoms with van der Waals surface area (Å²) in [7, 11) is -3.79. The van der Waals surface area contributed by atoms with Crippen LogP contribution in [0.1, 0.15) is 11.1 Å². The van der Waals surface area contributed by atoms with E-state index >= 15 is 0 Å². The normalized spacial score (nSPS) is 18.7. The van der Waals surface area contributed by atoms with Crippen LogP contribution in [-0.4, -0.2) is 4.89 Å². The van der Waals surface area contributed by atoms with Crippen LogP contribution >= 0.6 is 7.60 Å². The van der Waals surface area contributed by atoms with Crippen molar-refractivity contribution in [3.63, 3.8) is 0 Å². The van der Waals surface area contributed by atoms with Gasteiger partial charge in [0, 0.05) is 11.1 Å². The molecule has 0 saturated heterocycles. The fourth-order valence-electron chi connectivity index (χ4n) is 2.94. The predicted molar refractivity (Wildman–Crippen MR) is 91.2 cm³/mol. The first-order valence-corrected chi connectivity index (χ1v) is 9.00. The lowest BCUT2D eigenvalue weighted by atomic mass is 9.98. The maximum absolute atomic E-state index is 12.3. The first kappa shape index (κ1) is 14.3. The molecule has 23 heavy (non-hydrogen) atoms. The minimum Gasteiger partial charge on any atom is -0.421 e. The fourth-order valence-corrected chi connectivity index (χ4v) is 4.24. The second-order valence-corrected chi connectivity index (χ2v) is 7.33. The van der Waals surface area contributed by atoms with Crippen LogP contribution in [0.3, 0.4) is 0 Å². The van der Waals surface area contributed by atoms with Crippen molar-refractivity contribution in [2.45, 2.75) is 6.42 Å². The number of fused-ring (bicyclic) bond motifs is 3. The van der Waals surface area contributed by atoms with Gasteiger partial charge in [-0.25, -0.2) is 4.57 Å². The molecule has 114 valence electrons. The quantitative estimate of drug-likeness (QED) is 0.721. The van der Waals surface area contributed by atoms with Crippen molar-refractivity contribution in [2.75, 3.05) is 0 Å². The van der Waals surface area contributed by atoms with Crippen LogP contribution in [0.5, 0.6) is 5.75 Å². The van der Waals surface area contributed by atoms with E-state index < -0.39 is 7.60 Å². The molecule has 3 aromatic rings. The lowest BCUT2D eigenvalue weighted by Gasteiger charge is -2.25. The molecule has 3 nitrogen and oxygen atoms in total. The number of hydrogen-bond donors (Lipinski definition) is 1. The van der Waals surface area contributed by atoms with Gasteiger partial charge in [0.2, 0.25) is 0 Å². The van der Waals surface area contributed by atoms with E-state index in [1.54, 1.807) is 18.2 Å². The van der Waals surface area contributed by atoms with Crippen LogP contribution in [0.2, 0.25) is 0 Å².